The van der Waals surface area contributed by atoms with Gasteiger partial charge in [-0.25, -0.2) is 0 Å². The number of rotatable bonds is 9. The Balaban J connectivity index is 0.00000312. The van der Waals surface area contributed by atoms with Gasteiger partial charge in [0.1, 0.15) is 0 Å². The minimum absolute atomic E-state index is 0. The van der Waals surface area contributed by atoms with Gasteiger partial charge in [0, 0.05) is 44.6 Å². The molecule has 0 spiro atoms. The number of hydrogen-bond donors (Lipinski definition) is 1. The van der Waals surface area contributed by atoms with Crippen molar-refractivity contribution >= 4 is 41.3 Å². The Morgan fingerprint density at radius 2 is 2.32 bits per heavy atom. The quantitative estimate of drug-likeness (QED) is 0.255. The normalized spacial score (nSPS) is 18.9. The highest BCUT2D eigenvalue weighted by molar-refractivity contribution is 14.0. The number of methoxy groups -OCH3 is 1. The van der Waals surface area contributed by atoms with E-state index in [0.717, 1.165) is 38.6 Å². The Labute approximate surface area is 173 Å². The summed E-state index contributed by atoms with van der Waals surface area (Å²) in [4.78, 5) is 8.26. The van der Waals surface area contributed by atoms with Gasteiger partial charge < -0.3 is 19.7 Å². The molecule has 25 heavy (non-hydrogen) atoms. The Hall–Kier alpha value is -0.380. The Morgan fingerprint density at radius 3 is 3.00 bits per heavy atom. The predicted octanol–water partition coefficient (Wildman–Crippen LogP) is 3.11. The molecule has 1 aliphatic heterocycles. The average Bonchev–Trinajstić information content (AvgIpc) is 3.24. The molecule has 2 heterocycles. The fraction of sp³-hybridized carbons (Fsp3) is 0.722. The summed E-state index contributed by atoms with van der Waals surface area (Å²) in [6, 6.07) is 4.34. The molecule has 144 valence electrons. The predicted molar refractivity (Wildman–Crippen MR) is 116 cm³/mol. The summed E-state index contributed by atoms with van der Waals surface area (Å²) < 4.78 is 10.7. The third-order valence-electron chi connectivity index (χ3n) is 4.32. The number of aliphatic imine (C=N–C) groups is 1. The van der Waals surface area contributed by atoms with Gasteiger partial charge in [-0.3, -0.25) is 4.99 Å². The molecule has 1 aliphatic rings. The molecule has 7 heteroatoms. The fourth-order valence-corrected chi connectivity index (χ4v) is 3.87. The van der Waals surface area contributed by atoms with Crippen molar-refractivity contribution < 1.29 is 9.47 Å². The van der Waals surface area contributed by atoms with Crippen LogP contribution >= 0.6 is 35.3 Å². The van der Waals surface area contributed by atoms with Gasteiger partial charge in [0.25, 0.3) is 0 Å². The molecule has 5 nitrogen and oxygen atoms in total. The van der Waals surface area contributed by atoms with Gasteiger partial charge in [-0.2, -0.15) is 0 Å². The number of likely N-dealkylation sites (tertiary alicyclic amines) is 1. The minimum Gasteiger partial charge on any atom is -0.382 e. The highest BCUT2D eigenvalue weighted by Gasteiger charge is 2.25. The molecule has 1 saturated heterocycles. The highest BCUT2D eigenvalue weighted by atomic mass is 127. The molecule has 0 saturated carbocycles. The van der Waals surface area contributed by atoms with Gasteiger partial charge >= 0.3 is 0 Å². The first kappa shape index (κ1) is 22.7. The molecule has 0 aliphatic carbocycles. The second-order valence-electron chi connectivity index (χ2n) is 6.49. The van der Waals surface area contributed by atoms with Crippen LogP contribution in [0.3, 0.4) is 0 Å². The molecule has 2 rings (SSSR count). The maximum Gasteiger partial charge on any atom is 0.193 e. The number of ether oxygens (including phenoxy) is 2. The van der Waals surface area contributed by atoms with Crippen LogP contribution in [0.1, 0.15) is 18.2 Å². The van der Waals surface area contributed by atoms with Crippen molar-refractivity contribution in [3.05, 3.63) is 22.4 Å². The summed E-state index contributed by atoms with van der Waals surface area (Å²) in [5.41, 5.74) is 0. The van der Waals surface area contributed by atoms with Crippen LogP contribution in [0.15, 0.2) is 22.5 Å². The first-order chi connectivity index (χ1) is 11.7. The number of hydrogen-bond acceptors (Lipinski definition) is 4. The zero-order valence-corrected chi connectivity index (χ0v) is 18.7. The first-order valence-electron chi connectivity index (χ1n) is 8.77. The summed E-state index contributed by atoms with van der Waals surface area (Å²) in [5.74, 6) is 2.20. The lowest BCUT2D eigenvalue weighted by Gasteiger charge is -2.23. The molecule has 2 unspecified atom stereocenters. The molecule has 0 amide bonds. The number of nitrogens with zero attached hydrogens (tertiary/aromatic N) is 2. The summed E-state index contributed by atoms with van der Waals surface area (Å²) in [5, 5.41) is 5.69. The van der Waals surface area contributed by atoms with E-state index in [-0.39, 0.29) is 24.0 Å². The van der Waals surface area contributed by atoms with Gasteiger partial charge in [0.2, 0.25) is 0 Å². The van der Waals surface area contributed by atoms with E-state index in [4.69, 9.17) is 9.47 Å². The Morgan fingerprint density at radius 1 is 1.48 bits per heavy atom. The van der Waals surface area contributed by atoms with Gasteiger partial charge in [0.05, 0.1) is 19.8 Å². The molecule has 1 fully saturated rings. The summed E-state index contributed by atoms with van der Waals surface area (Å²) in [6.45, 7) is 7.48. The second kappa shape index (κ2) is 12.9. The summed E-state index contributed by atoms with van der Waals surface area (Å²) in [7, 11) is 3.57. The van der Waals surface area contributed by atoms with Gasteiger partial charge in [-0.15, -0.1) is 35.3 Å². The molecule has 1 aromatic heterocycles. The number of guanidine groups is 1. The monoisotopic (exact) mass is 481 g/mol. The van der Waals surface area contributed by atoms with Crippen molar-refractivity contribution in [2.24, 2.45) is 16.8 Å². The van der Waals surface area contributed by atoms with Crippen molar-refractivity contribution in [3.63, 3.8) is 0 Å². The van der Waals surface area contributed by atoms with E-state index in [1.54, 1.807) is 7.11 Å². The van der Waals surface area contributed by atoms with Crippen molar-refractivity contribution in [3.8, 4) is 0 Å². The van der Waals surface area contributed by atoms with Crippen LogP contribution in [-0.2, 0) is 15.9 Å². The van der Waals surface area contributed by atoms with E-state index >= 15 is 0 Å². The Kier molecular flexibility index (Phi) is 11.7. The zero-order chi connectivity index (χ0) is 17.2. The highest BCUT2D eigenvalue weighted by Crippen LogP contribution is 2.17. The molecule has 0 radical (unpaired) electrons. The second-order valence-corrected chi connectivity index (χ2v) is 7.52. The van der Waals surface area contributed by atoms with Crippen LogP contribution in [-0.4, -0.2) is 64.5 Å². The van der Waals surface area contributed by atoms with Crippen LogP contribution in [0.25, 0.3) is 0 Å². The van der Waals surface area contributed by atoms with Crippen LogP contribution in [0.4, 0.5) is 0 Å². The SMILES string of the molecule is CN=C(NCC(C)Cc1cccs1)N1CCC(COCCOC)C1.I. The van der Waals surface area contributed by atoms with E-state index in [2.05, 4.69) is 39.6 Å². The summed E-state index contributed by atoms with van der Waals surface area (Å²) >= 11 is 1.84. The third kappa shape index (κ3) is 8.23. The van der Waals surface area contributed by atoms with Crippen LogP contribution in [0.2, 0.25) is 0 Å². The van der Waals surface area contributed by atoms with E-state index in [9.17, 15) is 0 Å². The molecule has 0 bridgehead atoms. The topological polar surface area (TPSA) is 46.1 Å². The molecular weight excluding hydrogens is 449 g/mol. The van der Waals surface area contributed by atoms with Crippen LogP contribution in [0.5, 0.6) is 0 Å². The standard InChI is InChI=1S/C18H31N3O2S.HI/c1-15(11-17-5-4-10-24-17)12-20-18(19-2)21-7-6-16(13-21)14-23-9-8-22-3;/h4-5,10,15-16H,6-9,11-14H2,1-3H3,(H,19,20);1H. The maximum atomic E-state index is 5.67. The van der Waals surface area contributed by atoms with E-state index in [1.165, 1.54) is 11.3 Å². The van der Waals surface area contributed by atoms with E-state index < -0.39 is 0 Å². The molecule has 1 aromatic rings. The molecule has 2 atom stereocenters. The minimum atomic E-state index is 0. The lowest BCUT2D eigenvalue weighted by atomic mass is 10.1. The van der Waals surface area contributed by atoms with Crippen LogP contribution < -0.4 is 5.32 Å². The fourth-order valence-electron chi connectivity index (χ4n) is 3.00. The number of halogens is 1. The van der Waals surface area contributed by atoms with Crippen molar-refractivity contribution in [2.75, 3.05) is 53.6 Å². The smallest absolute Gasteiger partial charge is 0.193 e. The van der Waals surface area contributed by atoms with Gasteiger partial charge in [0.15, 0.2) is 5.96 Å². The lowest BCUT2D eigenvalue weighted by Crippen LogP contribution is -2.42. The maximum absolute atomic E-state index is 5.67. The number of nitrogens with one attached hydrogen (secondary N) is 1. The molecule has 1 N–H and O–H groups in total. The largest absolute Gasteiger partial charge is 0.382 e. The van der Waals surface area contributed by atoms with Crippen LogP contribution in [0, 0.1) is 11.8 Å². The van der Waals surface area contributed by atoms with Gasteiger partial charge in [-0.1, -0.05) is 13.0 Å². The first-order valence-corrected chi connectivity index (χ1v) is 9.65. The van der Waals surface area contributed by atoms with E-state index in [0.29, 0.717) is 25.0 Å². The molecular formula is C18H32IN3O2S. The zero-order valence-electron chi connectivity index (χ0n) is 15.6. The molecule has 0 aromatic carbocycles. The van der Waals surface area contributed by atoms with Crippen molar-refractivity contribution in [2.45, 2.75) is 19.8 Å². The van der Waals surface area contributed by atoms with Crippen molar-refractivity contribution in [1.82, 2.24) is 10.2 Å². The summed E-state index contributed by atoms with van der Waals surface area (Å²) in [6.07, 6.45) is 2.29. The van der Waals surface area contributed by atoms with Gasteiger partial charge in [-0.05, 0) is 30.2 Å². The van der Waals surface area contributed by atoms with Crippen molar-refractivity contribution in [1.29, 1.82) is 0 Å². The third-order valence-corrected chi connectivity index (χ3v) is 5.22. The number of thiophene rings is 1. The van der Waals surface area contributed by atoms with E-state index in [1.807, 2.05) is 18.4 Å². The average molecular weight is 481 g/mol. The lowest BCUT2D eigenvalue weighted by molar-refractivity contribution is 0.0536. The Bertz CT molecular complexity index is 485.